The van der Waals surface area contributed by atoms with Crippen molar-refractivity contribution in [3.8, 4) is 0 Å². The van der Waals surface area contributed by atoms with Gasteiger partial charge in [-0.15, -0.1) is 0 Å². The van der Waals surface area contributed by atoms with E-state index in [1.54, 1.807) is 73.7 Å². The van der Waals surface area contributed by atoms with Gasteiger partial charge in [0, 0.05) is 18.2 Å². The van der Waals surface area contributed by atoms with Gasteiger partial charge in [0.25, 0.3) is 11.8 Å². The van der Waals surface area contributed by atoms with Crippen LogP contribution in [-0.4, -0.2) is 16.8 Å². The van der Waals surface area contributed by atoms with Gasteiger partial charge in [-0.2, -0.15) is 0 Å². The summed E-state index contributed by atoms with van der Waals surface area (Å²) in [4.78, 5) is 29.5. The Bertz CT molecular complexity index is 1170. The normalized spacial score (nSPS) is 10.6. The van der Waals surface area contributed by atoms with Crippen LogP contribution >= 0.6 is 0 Å². The van der Waals surface area contributed by atoms with Crippen LogP contribution in [-0.2, 0) is 0 Å². The second-order valence-electron chi connectivity index (χ2n) is 6.24. The lowest BCUT2D eigenvalue weighted by atomic mass is 10.1. The first kappa shape index (κ1) is 17.5. The summed E-state index contributed by atoms with van der Waals surface area (Å²) in [5.74, 6) is -0.0451. The number of fused-ring (bicyclic) bond motifs is 1. The van der Waals surface area contributed by atoms with E-state index in [1.807, 2.05) is 6.07 Å². The van der Waals surface area contributed by atoms with Gasteiger partial charge in [-0.05, 0) is 42.5 Å². The van der Waals surface area contributed by atoms with Crippen LogP contribution in [0.4, 0.5) is 11.4 Å². The van der Waals surface area contributed by atoms with Crippen molar-refractivity contribution in [1.29, 1.82) is 0 Å². The van der Waals surface area contributed by atoms with E-state index in [2.05, 4.69) is 15.6 Å². The molecule has 0 bridgehead atoms. The topological polar surface area (TPSA) is 84.2 Å². The smallest absolute Gasteiger partial charge is 0.257 e. The largest absolute Gasteiger partial charge is 0.441 e. The number of anilines is 2. The summed E-state index contributed by atoms with van der Waals surface area (Å²) in [6.07, 6.45) is 0. The van der Waals surface area contributed by atoms with Crippen LogP contribution in [0.15, 0.2) is 77.2 Å². The standard InChI is InChI=1S/C22H17N3O3/c1-14-23-19-13-16(11-12-20(19)28-14)24-22(27)17-9-5-6-10-18(17)25-21(26)15-7-3-2-4-8-15/h2-13H,1H3,(H,24,27)(H,25,26). The van der Waals surface area contributed by atoms with Crippen molar-refractivity contribution in [2.45, 2.75) is 6.92 Å². The number of carbonyl (C=O) groups is 2. The Hall–Kier alpha value is -3.93. The SMILES string of the molecule is Cc1nc2cc(NC(=O)c3ccccc3NC(=O)c3ccccc3)ccc2o1. The van der Waals surface area contributed by atoms with Crippen molar-refractivity contribution in [3.05, 3.63) is 89.8 Å². The third-order valence-electron chi connectivity index (χ3n) is 4.21. The van der Waals surface area contributed by atoms with E-state index in [0.29, 0.717) is 39.5 Å². The van der Waals surface area contributed by atoms with Gasteiger partial charge in [0.15, 0.2) is 11.5 Å². The number of oxazole rings is 1. The van der Waals surface area contributed by atoms with E-state index < -0.39 is 0 Å². The summed E-state index contributed by atoms with van der Waals surface area (Å²) in [5.41, 5.74) is 3.24. The van der Waals surface area contributed by atoms with Gasteiger partial charge in [-0.1, -0.05) is 30.3 Å². The summed E-state index contributed by atoms with van der Waals surface area (Å²) in [6, 6.07) is 21.0. The Kier molecular flexibility index (Phi) is 4.60. The maximum Gasteiger partial charge on any atom is 0.257 e. The van der Waals surface area contributed by atoms with E-state index in [0.717, 1.165) is 0 Å². The lowest BCUT2D eigenvalue weighted by molar-refractivity contribution is 0.102. The van der Waals surface area contributed by atoms with E-state index in [4.69, 9.17) is 4.42 Å². The van der Waals surface area contributed by atoms with E-state index in [9.17, 15) is 9.59 Å². The van der Waals surface area contributed by atoms with Crippen LogP contribution in [0.1, 0.15) is 26.6 Å². The van der Waals surface area contributed by atoms with Gasteiger partial charge in [0.2, 0.25) is 0 Å². The highest BCUT2D eigenvalue weighted by Gasteiger charge is 2.15. The highest BCUT2D eigenvalue weighted by Crippen LogP contribution is 2.22. The molecule has 0 saturated carbocycles. The van der Waals surface area contributed by atoms with E-state index >= 15 is 0 Å². The van der Waals surface area contributed by atoms with Crippen molar-refractivity contribution in [1.82, 2.24) is 4.98 Å². The van der Waals surface area contributed by atoms with Gasteiger partial charge in [-0.3, -0.25) is 9.59 Å². The quantitative estimate of drug-likeness (QED) is 0.547. The molecule has 4 aromatic rings. The fraction of sp³-hybridized carbons (Fsp3) is 0.0455. The Morgan fingerprint density at radius 2 is 1.61 bits per heavy atom. The monoisotopic (exact) mass is 371 g/mol. The second-order valence-corrected chi connectivity index (χ2v) is 6.24. The van der Waals surface area contributed by atoms with E-state index in [1.165, 1.54) is 0 Å². The fourth-order valence-electron chi connectivity index (χ4n) is 2.89. The molecule has 2 N–H and O–H groups in total. The number of aromatic nitrogens is 1. The minimum absolute atomic E-state index is 0.277. The molecule has 1 aromatic heterocycles. The molecule has 4 rings (SSSR count). The van der Waals surface area contributed by atoms with Crippen molar-refractivity contribution in [2.24, 2.45) is 0 Å². The van der Waals surface area contributed by atoms with Crippen molar-refractivity contribution in [2.75, 3.05) is 10.6 Å². The zero-order valence-corrected chi connectivity index (χ0v) is 15.1. The molecule has 138 valence electrons. The predicted molar refractivity (Wildman–Crippen MR) is 108 cm³/mol. The second kappa shape index (κ2) is 7.36. The molecule has 2 amide bonds. The van der Waals surface area contributed by atoms with Crippen LogP contribution in [0.5, 0.6) is 0 Å². The number of nitrogens with one attached hydrogen (secondary N) is 2. The lowest BCUT2D eigenvalue weighted by Crippen LogP contribution is -2.18. The minimum Gasteiger partial charge on any atom is -0.441 e. The van der Waals surface area contributed by atoms with Crippen molar-refractivity contribution >= 4 is 34.3 Å². The molecule has 6 nitrogen and oxygen atoms in total. The van der Waals surface area contributed by atoms with Gasteiger partial charge in [0.05, 0.1) is 11.3 Å². The summed E-state index contributed by atoms with van der Waals surface area (Å²) in [6.45, 7) is 1.77. The molecule has 0 aliphatic rings. The number of hydrogen-bond donors (Lipinski definition) is 2. The molecule has 0 fully saturated rings. The zero-order chi connectivity index (χ0) is 19.5. The number of hydrogen-bond acceptors (Lipinski definition) is 4. The predicted octanol–water partition coefficient (Wildman–Crippen LogP) is 4.64. The molecule has 0 aliphatic carbocycles. The number of rotatable bonds is 4. The van der Waals surface area contributed by atoms with Crippen LogP contribution in [0.25, 0.3) is 11.1 Å². The Balaban J connectivity index is 1.56. The van der Waals surface area contributed by atoms with Crippen LogP contribution in [0, 0.1) is 6.92 Å². The number of nitrogens with zero attached hydrogens (tertiary/aromatic N) is 1. The molecule has 0 saturated heterocycles. The molecule has 0 unspecified atom stereocenters. The maximum atomic E-state index is 12.8. The van der Waals surface area contributed by atoms with Gasteiger partial charge in [-0.25, -0.2) is 4.98 Å². The van der Waals surface area contributed by atoms with Crippen LogP contribution < -0.4 is 10.6 Å². The fourth-order valence-corrected chi connectivity index (χ4v) is 2.89. The first-order valence-corrected chi connectivity index (χ1v) is 8.74. The molecule has 1 heterocycles. The molecular weight excluding hydrogens is 354 g/mol. The highest BCUT2D eigenvalue weighted by molar-refractivity contribution is 6.12. The molecule has 6 heteroatoms. The van der Waals surface area contributed by atoms with Gasteiger partial charge >= 0.3 is 0 Å². The molecule has 3 aromatic carbocycles. The maximum absolute atomic E-state index is 12.8. The summed E-state index contributed by atoms with van der Waals surface area (Å²) >= 11 is 0. The molecule has 0 aliphatic heterocycles. The lowest BCUT2D eigenvalue weighted by Gasteiger charge is -2.11. The van der Waals surface area contributed by atoms with Crippen molar-refractivity contribution in [3.63, 3.8) is 0 Å². The summed E-state index contributed by atoms with van der Waals surface area (Å²) in [7, 11) is 0. The number of carbonyl (C=O) groups excluding carboxylic acids is 2. The molecule has 0 atom stereocenters. The third-order valence-corrected chi connectivity index (χ3v) is 4.21. The number of benzene rings is 3. The number of aryl methyl sites for hydroxylation is 1. The Morgan fingerprint density at radius 1 is 0.857 bits per heavy atom. The average Bonchev–Trinajstić information content (AvgIpc) is 3.08. The van der Waals surface area contributed by atoms with E-state index in [-0.39, 0.29) is 11.8 Å². The summed E-state index contributed by atoms with van der Waals surface area (Å²) < 4.78 is 5.45. The first-order valence-electron chi connectivity index (χ1n) is 8.74. The van der Waals surface area contributed by atoms with Crippen LogP contribution in [0.2, 0.25) is 0 Å². The number of para-hydroxylation sites is 1. The zero-order valence-electron chi connectivity index (χ0n) is 15.1. The summed E-state index contributed by atoms with van der Waals surface area (Å²) in [5, 5.41) is 5.64. The Labute approximate surface area is 161 Å². The molecule has 28 heavy (non-hydrogen) atoms. The van der Waals surface area contributed by atoms with Gasteiger partial charge in [0.1, 0.15) is 5.52 Å². The van der Waals surface area contributed by atoms with Gasteiger partial charge < -0.3 is 15.1 Å². The molecule has 0 spiro atoms. The average molecular weight is 371 g/mol. The molecule has 0 radical (unpaired) electrons. The first-order chi connectivity index (χ1) is 13.6. The molecular formula is C22H17N3O3. The van der Waals surface area contributed by atoms with Crippen molar-refractivity contribution < 1.29 is 14.0 Å². The van der Waals surface area contributed by atoms with Crippen LogP contribution in [0.3, 0.4) is 0 Å². The highest BCUT2D eigenvalue weighted by atomic mass is 16.3. The Morgan fingerprint density at radius 3 is 2.43 bits per heavy atom. The third kappa shape index (κ3) is 3.61. The number of amides is 2. The minimum atomic E-state index is -0.330.